The van der Waals surface area contributed by atoms with Crippen LogP contribution in [0.1, 0.15) is 48.5 Å². The van der Waals surface area contributed by atoms with Gasteiger partial charge in [-0.2, -0.15) is 0 Å². The Balaban J connectivity index is 2.29. The van der Waals surface area contributed by atoms with Crippen molar-refractivity contribution in [3.8, 4) is 5.75 Å². The number of benzene rings is 1. The fourth-order valence-corrected chi connectivity index (χ4v) is 3.49. The van der Waals surface area contributed by atoms with Crippen LogP contribution in [0.3, 0.4) is 0 Å². The van der Waals surface area contributed by atoms with Gasteiger partial charge in [-0.25, -0.2) is 13.1 Å². The van der Waals surface area contributed by atoms with E-state index in [9.17, 15) is 23.1 Å². The third-order valence-electron chi connectivity index (χ3n) is 4.39. The van der Waals surface area contributed by atoms with Crippen molar-refractivity contribution in [2.24, 2.45) is 0 Å². The Hall–Kier alpha value is -1.93. The number of phenolic OH excluding ortho intramolecular Hbond substituents is 1. The number of amides is 1. The molecule has 3 N–H and O–H groups in total. The molecule has 1 aromatic carbocycles. The lowest BCUT2D eigenvalue weighted by atomic mass is 9.79. The number of aromatic hydroxyl groups is 1. The lowest BCUT2D eigenvalue weighted by molar-refractivity contribution is -0.115. The quantitative estimate of drug-likeness (QED) is 0.530. The second-order valence-electron chi connectivity index (χ2n) is 6.49. The third kappa shape index (κ3) is 4.33. The summed E-state index contributed by atoms with van der Waals surface area (Å²) in [5, 5.41) is 13.0. The average Bonchev–Trinajstić information content (AvgIpc) is 2.94. The van der Waals surface area contributed by atoms with Crippen molar-refractivity contribution in [2.75, 3.05) is 18.1 Å². The summed E-state index contributed by atoms with van der Waals surface area (Å²) in [5.74, 6) is -0.695. The molecule has 0 saturated heterocycles. The molecule has 1 aliphatic rings. The van der Waals surface area contributed by atoms with Crippen LogP contribution in [0.15, 0.2) is 12.1 Å². The van der Waals surface area contributed by atoms with Gasteiger partial charge in [0.25, 0.3) is 0 Å². The summed E-state index contributed by atoms with van der Waals surface area (Å²) in [6, 6.07) is 3.03. The van der Waals surface area contributed by atoms with Gasteiger partial charge in [-0.05, 0) is 30.4 Å². The van der Waals surface area contributed by atoms with Crippen LogP contribution in [0.4, 0.5) is 5.69 Å². The van der Waals surface area contributed by atoms with E-state index in [1.165, 1.54) is 6.07 Å². The Morgan fingerprint density at radius 1 is 1.33 bits per heavy atom. The van der Waals surface area contributed by atoms with Gasteiger partial charge in [0.2, 0.25) is 15.9 Å². The molecule has 1 aliphatic carbocycles. The average molecular weight is 354 g/mol. The van der Waals surface area contributed by atoms with E-state index < -0.39 is 22.5 Å². The van der Waals surface area contributed by atoms with Gasteiger partial charge < -0.3 is 10.4 Å². The number of phenols is 1. The molecule has 0 aromatic heterocycles. The van der Waals surface area contributed by atoms with Crippen LogP contribution in [0.25, 0.3) is 0 Å². The third-order valence-corrected chi connectivity index (χ3v) is 5.06. The number of nitrogens with one attached hydrogen (secondary N) is 2. The number of hydrogen-bond acceptors (Lipinski definition) is 5. The molecular weight excluding hydrogens is 332 g/mol. The molecule has 0 unspecified atom stereocenters. The highest BCUT2D eigenvalue weighted by Crippen LogP contribution is 2.46. The zero-order valence-electron chi connectivity index (χ0n) is 13.8. The zero-order chi connectivity index (χ0) is 18.0. The van der Waals surface area contributed by atoms with E-state index in [4.69, 9.17) is 0 Å². The summed E-state index contributed by atoms with van der Waals surface area (Å²) in [5.41, 5.74) is 0.856. The number of sulfonamides is 1. The predicted octanol–water partition coefficient (Wildman–Crippen LogP) is 1.52. The lowest BCUT2D eigenvalue weighted by Gasteiger charge is -2.26. The van der Waals surface area contributed by atoms with Gasteiger partial charge in [0.15, 0.2) is 0 Å². The highest BCUT2D eigenvalue weighted by atomic mass is 32.2. The monoisotopic (exact) mass is 354 g/mol. The first-order chi connectivity index (χ1) is 11.1. The summed E-state index contributed by atoms with van der Waals surface area (Å²) in [6.45, 7) is 1.58. The number of anilines is 1. The first-order valence-corrected chi connectivity index (χ1v) is 9.61. The lowest BCUT2D eigenvalue weighted by Crippen LogP contribution is -2.32. The second kappa shape index (κ2) is 6.90. The van der Waals surface area contributed by atoms with Crippen molar-refractivity contribution in [2.45, 2.75) is 38.0 Å². The maximum Gasteiger partial charge on any atom is 0.239 e. The molecule has 0 atom stereocenters. The van der Waals surface area contributed by atoms with Crippen molar-refractivity contribution in [1.29, 1.82) is 0 Å². The first kappa shape index (κ1) is 18.4. The number of aldehydes is 1. The normalized spacial score (nSPS) is 16.8. The zero-order valence-corrected chi connectivity index (χ0v) is 14.6. The Labute approximate surface area is 141 Å². The number of rotatable bonds is 6. The standard InChI is InChI=1S/C16H22N2O5S/c1-16(5-3-4-6-16)12-7-11(10-19)8-13(15(12)21)18-14(20)9-17-24(2,22)23/h7-8,10,17,21H,3-6,9H2,1-2H3,(H,18,20). The van der Waals surface area contributed by atoms with Crippen LogP contribution in [0.5, 0.6) is 5.75 Å². The molecule has 0 aliphatic heterocycles. The summed E-state index contributed by atoms with van der Waals surface area (Å²) in [4.78, 5) is 23.1. The number of carbonyl (C=O) groups is 2. The van der Waals surface area contributed by atoms with Crippen molar-refractivity contribution in [3.05, 3.63) is 23.3 Å². The van der Waals surface area contributed by atoms with Gasteiger partial charge in [-0.15, -0.1) is 0 Å². The first-order valence-electron chi connectivity index (χ1n) is 7.72. The smallest absolute Gasteiger partial charge is 0.239 e. The van der Waals surface area contributed by atoms with Gasteiger partial charge >= 0.3 is 0 Å². The SMILES string of the molecule is CC1(c2cc(C=O)cc(NC(=O)CNS(C)(=O)=O)c2O)CCCC1. The highest BCUT2D eigenvalue weighted by Gasteiger charge is 2.34. The van der Waals surface area contributed by atoms with E-state index in [0.717, 1.165) is 31.9 Å². The van der Waals surface area contributed by atoms with Gasteiger partial charge in [0, 0.05) is 11.1 Å². The van der Waals surface area contributed by atoms with Crippen molar-refractivity contribution in [1.82, 2.24) is 4.72 Å². The Morgan fingerprint density at radius 2 is 1.96 bits per heavy atom. The van der Waals surface area contributed by atoms with Gasteiger partial charge in [-0.1, -0.05) is 19.8 Å². The molecule has 8 heteroatoms. The minimum absolute atomic E-state index is 0.0716. The minimum atomic E-state index is -3.49. The molecule has 0 bridgehead atoms. The molecule has 0 heterocycles. The van der Waals surface area contributed by atoms with Crippen LogP contribution in [-0.2, 0) is 20.2 Å². The second-order valence-corrected chi connectivity index (χ2v) is 8.32. The summed E-state index contributed by atoms with van der Waals surface area (Å²) in [6.07, 6.45) is 5.48. The molecule has 1 aromatic rings. The van der Waals surface area contributed by atoms with Crippen LogP contribution in [0.2, 0.25) is 0 Å². The molecule has 0 radical (unpaired) electrons. The van der Waals surface area contributed by atoms with Crippen molar-refractivity contribution in [3.63, 3.8) is 0 Å². The maximum absolute atomic E-state index is 11.9. The topological polar surface area (TPSA) is 113 Å². The van der Waals surface area contributed by atoms with E-state index in [-0.39, 0.29) is 16.9 Å². The van der Waals surface area contributed by atoms with Gasteiger partial charge in [0.1, 0.15) is 12.0 Å². The van der Waals surface area contributed by atoms with E-state index in [1.807, 2.05) is 6.92 Å². The molecule has 7 nitrogen and oxygen atoms in total. The van der Waals surface area contributed by atoms with Crippen LogP contribution in [-0.4, -0.2) is 38.5 Å². The van der Waals surface area contributed by atoms with E-state index >= 15 is 0 Å². The van der Waals surface area contributed by atoms with Crippen molar-refractivity contribution < 1.29 is 23.1 Å². The maximum atomic E-state index is 11.9. The molecule has 132 valence electrons. The van der Waals surface area contributed by atoms with Crippen LogP contribution in [0, 0.1) is 0 Å². The number of carbonyl (C=O) groups excluding carboxylic acids is 2. The molecule has 0 spiro atoms. The molecule has 1 amide bonds. The van der Waals surface area contributed by atoms with Gasteiger partial charge in [-0.3, -0.25) is 9.59 Å². The molecule has 24 heavy (non-hydrogen) atoms. The van der Waals surface area contributed by atoms with Gasteiger partial charge in [0.05, 0.1) is 18.5 Å². The highest BCUT2D eigenvalue weighted by molar-refractivity contribution is 7.88. The van der Waals surface area contributed by atoms with E-state index in [1.54, 1.807) is 6.07 Å². The predicted molar refractivity (Wildman–Crippen MR) is 90.8 cm³/mol. The summed E-state index contributed by atoms with van der Waals surface area (Å²) < 4.78 is 24.2. The Morgan fingerprint density at radius 3 is 2.50 bits per heavy atom. The van der Waals surface area contributed by atoms with Crippen molar-refractivity contribution >= 4 is 27.9 Å². The van der Waals surface area contributed by atoms with E-state index in [2.05, 4.69) is 10.0 Å². The summed E-state index contributed by atoms with van der Waals surface area (Å²) in [7, 11) is -3.49. The molecule has 1 fully saturated rings. The van der Waals surface area contributed by atoms with E-state index in [0.29, 0.717) is 17.4 Å². The van der Waals surface area contributed by atoms with Crippen LogP contribution < -0.4 is 10.0 Å². The fourth-order valence-electron chi connectivity index (χ4n) is 3.10. The molecule has 1 saturated carbocycles. The molecule has 2 rings (SSSR count). The fraction of sp³-hybridized carbons (Fsp3) is 0.500. The Bertz CT molecular complexity index is 752. The minimum Gasteiger partial charge on any atom is -0.505 e. The molecular formula is C16H22N2O5S. The van der Waals surface area contributed by atoms with Crippen LogP contribution >= 0.6 is 0 Å². The number of hydrogen-bond donors (Lipinski definition) is 3. The summed E-state index contributed by atoms with van der Waals surface area (Å²) >= 11 is 0. The largest absolute Gasteiger partial charge is 0.505 e. The Kier molecular flexibility index (Phi) is 5.29.